The molecule has 0 aliphatic heterocycles. The van der Waals surface area contributed by atoms with E-state index in [4.69, 9.17) is 17.0 Å². The molecular formula is C16H19N3O2S2. The molecule has 2 aromatic rings. The number of anilines is 1. The van der Waals surface area contributed by atoms with E-state index in [1.807, 2.05) is 32.0 Å². The van der Waals surface area contributed by atoms with Gasteiger partial charge in [0.1, 0.15) is 5.00 Å². The van der Waals surface area contributed by atoms with E-state index < -0.39 is 0 Å². The molecule has 0 aromatic carbocycles. The van der Waals surface area contributed by atoms with Crippen LogP contribution in [0.25, 0.3) is 0 Å². The lowest BCUT2D eigenvalue weighted by molar-refractivity contribution is 0.0601. The van der Waals surface area contributed by atoms with Gasteiger partial charge in [0.15, 0.2) is 5.11 Å². The van der Waals surface area contributed by atoms with E-state index in [2.05, 4.69) is 15.6 Å². The maximum atomic E-state index is 12.1. The Morgan fingerprint density at radius 3 is 2.83 bits per heavy atom. The summed E-state index contributed by atoms with van der Waals surface area (Å²) < 4.78 is 4.90. The topological polar surface area (TPSA) is 63.2 Å². The van der Waals surface area contributed by atoms with Gasteiger partial charge in [-0.05, 0) is 43.3 Å². The molecule has 2 heterocycles. The fourth-order valence-electron chi connectivity index (χ4n) is 2.23. The number of thiophene rings is 1. The Morgan fingerprint density at radius 2 is 2.22 bits per heavy atom. The van der Waals surface area contributed by atoms with Crippen LogP contribution in [0.3, 0.4) is 0 Å². The standard InChI is InChI=1S/C16H19N3O2S2/c1-4-12-10(2)23-14(13(12)15(20)21-3)19-16(22)18-9-11-7-5-6-8-17-11/h5-8H,4,9H2,1-3H3,(H2,18,19,22). The van der Waals surface area contributed by atoms with Gasteiger partial charge in [-0.1, -0.05) is 13.0 Å². The molecule has 23 heavy (non-hydrogen) atoms. The SMILES string of the molecule is CCc1c(C)sc(NC(=S)NCc2ccccn2)c1C(=O)OC. The molecule has 0 bridgehead atoms. The van der Waals surface area contributed by atoms with Crippen molar-refractivity contribution in [3.8, 4) is 0 Å². The third kappa shape index (κ3) is 4.27. The highest BCUT2D eigenvalue weighted by Crippen LogP contribution is 2.33. The number of aromatic nitrogens is 1. The zero-order valence-corrected chi connectivity index (χ0v) is 14.9. The van der Waals surface area contributed by atoms with E-state index in [1.54, 1.807) is 6.20 Å². The van der Waals surface area contributed by atoms with Crippen molar-refractivity contribution in [2.75, 3.05) is 12.4 Å². The summed E-state index contributed by atoms with van der Waals surface area (Å²) in [6.45, 7) is 4.53. The molecule has 0 saturated carbocycles. The number of rotatable bonds is 5. The van der Waals surface area contributed by atoms with Crippen molar-refractivity contribution in [1.82, 2.24) is 10.3 Å². The van der Waals surface area contributed by atoms with E-state index in [0.717, 1.165) is 22.6 Å². The first-order valence-corrected chi connectivity index (χ1v) is 8.44. The number of nitrogens with one attached hydrogen (secondary N) is 2. The molecule has 0 amide bonds. The van der Waals surface area contributed by atoms with Crippen LogP contribution in [0.15, 0.2) is 24.4 Å². The smallest absolute Gasteiger partial charge is 0.341 e. The van der Waals surface area contributed by atoms with E-state index in [0.29, 0.717) is 22.2 Å². The minimum atomic E-state index is -0.346. The van der Waals surface area contributed by atoms with E-state index in [-0.39, 0.29) is 5.97 Å². The predicted molar refractivity (Wildman–Crippen MR) is 97.1 cm³/mol. The van der Waals surface area contributed by atoms with Gasteiger partial charge >= 0.3 is 5.97 Å². The van der Waals surface area contributed by atoms with Gasteiger partial charge in [-0.3, -0.25) is 4.98 Å². The maximum absolute atomic E-state index is 12.1. The lowest BCUT2D eigenvalue weighted by Gasteiger charge is -2.10. The Balaban J connectivity index is 2.10. The zero-order valence-electron chi connectivity index (χ0n) is 13.3. The molecule has 0 unspecified atom stereocenters. The average Bonchev–Trinajstić information content (AvgIpc) is 2.88. The fraction of sp³-hybridized carbons (Fsp3) is 0.312. The van der Waals surface area contributed by atoms with Crippen LogP contribution in [0.4, 0.5) is 5.00 Å². The van der Waals surface area contributed by atoms with Gasteiger partial charge in [0.05, 0.1) is 24.9 Å². The number of methoxy groups -OCH3 is 1. The van der Waals surface area contributed by atoms with Crippen molar-refractivity contribution < 1.29 is 9.53 Å². The first kappa shape index (κ1) is 17.4. The summed E-state index contributed by atoms with van der Waals surface area (Å²) in [7, 11) is 1.39. The average molecular weight is 349 g/mol. The Kier molecular flexibility index (Phi) is 6.06. The number of pyridine rings is 1. The minimum Gasteiger partial charge on any atom is -0.465 e. The van der Waals surface area contributed by atoms with Crippen LogP contribution < -0.4 is 10.6 Å². The summed E-state index contributed by atoms with van der Waals surface area (Å²) in [6, 6.07) is 5.70. The summed E-state index contributed by atoms with van der Waals surface area (Å²) in [4.78, 5) is 17.4. The summed E-state index contributed by atoms with van der Waals surface area (Å²) in [5.41, 5.74) is 2.46. The van der Waals surface area contributed by atoms with Crippen LogP contribution in [0.1, 0.15) is 33.4 Å². The molecule has 0 fully saturated rings. The summed E-state index contributed by atoms with van der Waals surface area (Å²) in [6.07, 6.45) is 2.50. The number of carbonyl (C=O) groups is 1. The van der Waals surface area contributed by atoms with E-state index >= 15 is 0 Å². The Labute approximate surface area is 145 Å². The summed E-state index contributed by atoms with van der Waals surface area (Å²) in [5, 5.41) is 7.35. The molecule has 0 saturated heterocycles. The molecule has 2 aromatic heterocycles. The molecule has 7 heteroatoms. The first-order chi connectivity index (χ1) is 11.1. The molecule has 122 valence electrons. The van der Waals surface area contributed by atoms with Gasteiger partial charge in [-0.2, -0.15) is 0 Å². The van der Waals surface area contributed by atoms with Gasteiger partial charge in [0, 0.05) is 11.1 Å². The highest BCUT2D eigenvalue weighted by atomic mass is 32.1. The number of thiocarbonyl (C=S) groups is 1. The number of hydrogen-bond donors (Lipinski definition) is 2. The van der Waals surface area contributed by atoms with Crippen LogP contribution in [0.5, 0.6) is 0 Å². The number of aryl methyl sites for hydroxylation is 1. The number of nitrogens with zero attached hydrogens (tertiary/aromatic N) is 1. The highest BCUT2D eigenvalue weighted by molar-refractivity contribution is 7.80. The van der Waals surface area contributed by atoms with Crippen molar-refractivity contribution in [2.45, 2.75) is 26.8 Å². The Morgan fingerprint density at radius 1 is 1.43 bits per heavy atom. The van der Waals surface area contributed by atoms with Gasteiger partial charge in [-0.15, -0.1) is 11.3 Å². The molecule has 0 spiro atoms. The molecule has 0 aliphatic rings. The van der Waals surface area contributed by atoms with Crippen molar-refractivity contribution in [3.63, 3.8) is 0 Å². The first-order valence-electron chi connectivity index (χ1n) is 7.22. The third-order valence-electron chi connectivity index (χ3n) is 3.34. The lowest BCUT2D eigenvalue weighted by Crippen LogP contribution is -2.28. The second kappa shape index (κ2) is 8.03. The molecule has 0 radical (unpaired) electrons. The number of hydrogen-bond acceptors (Lipinski definition) is 5. The molecule has 0 aliphatic carbocycles. The minimum absolute atomic E-state index is 0.346. The number of carbonyl (C=O) groups excluding carboxylic acids is 1. The third-order valence-corrected chi connectivity index (χ3v) is 4.64. The highest BCUT2D eigenvalue weighted by Gasteiger charge is 2.22. The Hall–Kier alpha value is -1.99. The molecule has 5 nitrogen and oxygen atoms in total. The second-order valence-corrected chi connectivity index (χ2v) is 6.45. The van der Waals surface area contributed by atoms with Crippen LogP contribution in [0, 0.1) is 6.92 Å². The maximum Gasteiger partial charge on any atom is 0.341 e. The lowest BCUT2D eigenvalue weighted by atomic mass is 10.1. The van der Waals surface area contributed by atoms with Crippen LogP contribution in [0.2, 0.25) is 0 Å². The number of ether oxygens (including phenoxy) is 1. The number of esters is 1. The van der Waals surface area contributed by atoms with Crippen molar-refractivity contribution in [1.29, 1.82) is 0 Å². The van der Waals surface area contributed by atoms with Gasteiger partial charge in [0.2, 0.25) is 0 Å². The molecule has 2 N–H and O–H groups in total. The quantitative estimate of drug-likeness (QED) is 0.638. The monoisotopic (exact) mass is 349 g/mol. The zero-order chi connectivity index (χ0) is 16.8. The van der Waals surface area contributed by atoms with Crippen LogP contribution in [-0.2, 0) is 17.7 Å². The predicted octanol–water partition coefficient (Wildman–Crippen LogP) is 3.29. The van der Waals surface area contributed by atoms with Crippen molar-refractivity contribution in [2.24, 2.45) is 0 Å². The molecular weight excluding hydrogens is 330 g/mol. The normalized spacial score (nSPS) is 10.2. The van der Waals surface area contributed by atoms with Crippen molar-refractivity contribution in [3.05, 3.63) is 46.1 Å². The molecule has 2 rings (SSSR count). The second-order valence-electron chi connectivity index (χ2n) is 4.81. The summed E-state index contributed by atoms with van der Waals surface area (Å²) in [5.74, 6) is -0.346. The fourth-order valence-corrected chi connectivity index (χ4v) is 3.61. The molecule has 0 atom stereocenters. The van der Waals surface area contributed by atoms with Crippen LogP contribution in [-0.4, -0.2) is 23.2 Å². The largest absolute Gasteiger partial charge is 0.465 e. The van der Waals surface area contributed by atoms with E-state index in [1.165, 1.54) is 18.4 Å². The Bertz CT molecular complexity index is 699. The van der Waals surface area contributed by atoms with E-state index in [9.17, 15) is 4.79 Å². The van der Waals surface area contributed by atoms with Crippen molar-refractivity contribution >= 4 is 39.6 Å². The van der Waals surface area contributed by atoms with Gasteiger partial charge in [0.25, 0.3) is 0 Å². The van der Waals surface area contributed by atoms with Gasteiger partial charge < -0.3 is 15.4 Å². The van der Waals surface area contributed by atoms with Gasteiger partial charge in [-0.25, -0.2) is 4.79 Å². The summed E-state index contributed by atoms with van der Waals surface area (Å²) >= 11 is 6.82. The van der Waals surface area contributed by atoms with Crippen LogP contribution >= 0.6 is 23.6 Å².